The lowest BCUT2D eigenvalue weighted by Gasteiger charge is -2.06. The molecule has 0 amide bonds. The molecule has 5 heteroatoms. The second-order valence-electron chi connectivity index (χ2n) is 3.76. The first kappa shape index (κ1) is 12.3. The van der Waals surface area contributed by atoms with Gasteiger partial charge in [-0.3, -0.25) is 0 Å². The van der Waals surface area contributed by atoms with E-state index in [0.29, 0.717) is 18.2 Å². The first-order chi connectivity index (χ1) is 8.72. The fourth-order valence-electron chi connectivity index (χ4n) is 1.62. The predicted octanol–water partition coefficient (Wildman–Crippen LogP) is 1.88. The van der Waals surface area contributed by atoms with Gasteiger partial charge in [0, 0.05) is 18.7 Å². The highest BCUT2D eigenvalue weighted by Crippen LogP contribution is 2.21. The zero-order valence-corrected chi connectivity index (χ0v) is 10.4. The van der Waals surface area contributed by atoms with Crippen molar-refractivity contribution in [3.05, 3.63) is 36.2 Å². The molecule has 2 aromatic rings. The number of nitrogens with two attached hydrogens (primary N) is 1. The van der Waals surface area contributed by atoms with Crippen LogP contribution < -0.4 is 10.5 Å². The van der Waals surface area contributed by atoms with Crippen LogP contribution in [0.15, 0.2) is 30.3 Å². The Labute approximate surface area is 106 Å². The number of anilines is 1. The lowest BCUT2D eigenvalue weighted by molar-refractivity contribution is 0.178. The van der Waals surface area contributed by atoms with Gasteiger partial charge in [-0.05, 0) is 24.3 Å². The minimum Gasteiger partial charge on any atom is -0.497 e. The van der Waals surface area contributed by atoms with E-state index in [0.717, 1.165) is 17.0 Å². The molecule has 0 aliphatic carbocycles. The van der Waals surface area contributed by atoms with Gasteiger partial charge in [-0.1, -0.05) is 0 Å². The summed E-state index contributed by atoms with van der Waals surface area (Å²) in [5.74, 6) is 1.81. The first-order valence-corrected chi connectivity index (χ1v) is 5.49. The molecule has 0 fully saturated rings. The fraction of sp³-hybridized carbons (Fsp3) is 0.231. The van der Waals surface area contributed by atoms with Crippen molar-refractivity contribution in [1.29, 1.82) is 0 Å². The second-order valence-corrected chi connectivity index (χ2v) is 3.76. The third-order valence-electron chi connectivity index (χ3n) is 2.45. The van der Waals surface area contributed by atoms with Crippen LogP contribution in [0.2, 0.25) is 0 Å². The third-order valence-corrected chi connectivity index (χ3v) is 2.45. The number of benzene rings is 1. The van der Waals surface area contributed by atoms with Crippen molar-refractivity contribution in [2.45, 2.75) is 6.61 Å². The molecule has 18 heavy (non-hydrogen) atoms. The maximum atomic E-state index is 5.75. The van der Waals surface area contributed by atoms with Crippen molar-refractivity contribution in [2.24, 2.45) is 0 Å². The van der Waals surface area contributed by atoms with Crippen LogP contribution >= 0.6 is 0 Å². The molecule has 0 radical (unpaired) electrons. The molecule has 5 nitrogen and oxygen atoms in total. The molecular formula is C13H15N3O2. The maximum Gasteiger partial charge on any atom is 0.157 e. The lowest BCUT2D eigenvalue weighted by atomic mass is 10.1. The van der Waals surface area contributed by atoms with Gasteiger partial charge in [0.25, 0.3) is 0 Å². The number of methoxy groups -OCH3 is 2. The van der Waals surface area contributed by atoms with E-state index in [4.69, 9.17) is 15.2 Å². The molecule has 1 aromatic carbocycles. The summed E-state index contributed by atoms with van der Waals surface area (Å²) in [6.45, 7) is 0.341. The summed E-state index contributed by atoms with van der Waals surface area (Å²) in [5, 5.41) is 0. The molecule has 1 aromatic heterocycles. The van der Waals surface area contributed by atoms with E-state index in [1.54, 1.807) is 20.3 Å². The highest BCUT2D eigenvalue weighted by molar-refractivity contribution is 5.62. The van der Waals surface area contributed by atoms with Gasteiger partial charge in [0.1, 0.15) is 18.2 Å². The molecule has 0 aliphatic heterocycles. The SMILES string of the molecule is COCc1nc(N)cc(-c2ccc(OC)cc2)n1. The van der Waals surface area contributed by atoms with Gasteiger partial charge in [0.15, 0.2) is 5.82 Å². The van der Waals surface area contributed by atoms with E-state index in [1.807, 2.05) is 24.3 Å². The third kappa shape index (κ3) is 2.75. The summed E-state index contributed by atoms with van der Waals surface area (Å²) < 4.78 is 10.1. The summed E-state index contributed by atoms with van der Waals surface area (Å²) in [6.07, 6.45) is 0. The van der Waals surface area contributed by atoms with Crippen molar-refractivity contribution < 1.29 is 9.47 Å². The molecule has 1 heterocycles. The van der Waals surface area contributed by atoms with Crippen molar-refractivity contribution in [2.75, 3.05) is 20.0 Å². The quantitative estimate of drug-likeness (QED) is 0.890. The van der Waals surface area contributed by atoms with Crippen LogP contribution in [0.4, 0.5) is 5.82 Å². The van der Waals surface area contributed by atoms with Crippen LogP contribution in [-0.4, -0.2) is 24.2 Å². The number of hydrogen-bond donors (Lipinski definition) is 1. The van der Waals surface area contributed by atoms with Gasteiger partial charge in [-0.15, -0.1) is 0 Å². The monoisotopic (exact) mass is 245 g/mol. The molecule has 0 saturated heterocycles. The number of hydrogen-bond acceptors (Lipinski definition) is 5. The molecule has 0 aliphatic rings. The summed E-state index contributed by atoms with van der Waals surface area (Å²) in [7, 11) is 3.23. The zero-order chi connectivity index (χ0) is 13.0. The van der Waals surface area contributed by atoms with E-state index >= 15 is 0 Å². The summed E-state index contributed by atoms with van der Waals surface area (Å²) in [5.41, 5.74) is 7.49. The Hall–Kier alpha value is -2.14. The largest absolute Gasteiger partial charge is 0.497 e. The average molecular weight is 245 g/mol. The van der Waals surface area contributed by atoms with Crippen molar-refractivity contribution >= 4 is 5.82 Å². The number of aromatic nitrogens is 2. The maximum absolute atomic E-state index is 5.75. The van der Waals surface area contributed by atoms with Crippen LogP contribution in [0.25, 0.3) is 11.3 Å². The van der Waals surface area contributed by atoms with Crippen LogP contribution in [0, 0.1) is 0 Å². The van der Waals surface area contributed by atoms with Crippen LogP contribution in [0.1, 0.15) is 5.82 Å². The number of nitrogens with zero attached hydrogens (tertiary/aromatic N) is 2. The molecule has 0 atom stereocenters. The Morgan fingerprint density at radius 2 is 1.83 bits per heavy atom. The zero-order valence-electron chi connectivity index (χ0n) is 10.4. The van der Waals surface area contributed by atoms with E-state index < -0.39 is 0 Å². The van der Waals surface area contributed by atoms with Gasteiger partial charge in [0.2, 0.25) is 0 Å². The highest BCUT2D eigenvalue weighted by atomic mass is 16.5. The number of rotatable bonds is 4. The molecule has 2 N–H and O–H groups in total. The molecule has 0 unspecified atom stereocenters. The average Bonchev–Trinajstić information content (AvgIpc) is 2.38. The van der Waals surface area contributed by atoms with Gasteiger partial charge >= 0.3 is 0 Å². The molecule has 0 bridgehead atoms. The van der Waals surface area contributed by atoms with Gasteiger partial charge in [0.05, 0.1) is 12.8 Å². The van der Waals surface area contributed by atoms with Gasteiger partial charge in [-0.25, -0.2) is 9.97 Å². The Kier molecular flexibility index (Phi) is 3.74. The Balaban J connectivity index is 2.36. The van der Waals surface area contributed by atoms with Crippen molar-refractivity contribution in [3.63, 3.8) is 0 Å². The second kappa shape index (κ2) is 5.46. The Bertz CT molecular complexity index is 526. The normalized spacial score (nSPS) is 10.3. The molecular weight excluding hydrogens is 230 g/mol. The smallest absolute Gasteiger partial charge is 0.157 e. The summed E-state index contributed by atoms with van der Waals surface area (Å²) in [4.78, 5) is 8.49. The Morgan fingerprint density at radius 3 is 2.44 bits per heavy atom. The van der Waals surface area contributed by atoms with E-state index in [9.17, 15) is 0 Å². The molecule has 0 saturated carbocycles. The fourth-order valence-corrected chi connectivity index (χ4v) is 1.62. The van der Waals surface area contributed by atoms with Gasteiger partial charge < -0.3 is 15.2 Å². The summed E-state index contributed by atoms with van der Waals surface area (Å²) >= 11 is 0. The Morgan fingerprint density at radius 1 is 1.11 bits per heavy atom. The topological polar surface area (TPSA) is 70.3 Å². The number of ether oxygens (including phenoxy) is 2. The van der Waals surface area contributed by atoms with E-state index in [2.05, 4.69) is 9.97 Å². The minimum absolute atomic E-state index is 0.341. The standard InChI is InChI=1S/C13H15N3O2/c1-17-8-13-15-11(7-12(14)16-13)9-3-5-10(18-2)6-4-9/h3-7H,8H2,1-2H3,(H2,14,15,16). The summed E-state index contributed by atoms with van der Waals surface area (Å²) in [6, 6.07) is 9.35. The lowest BCUT2D eigenvalue weighted by Crippen LogP contribution is -2.02. The van der Waals surface area contributed by atoms with Crippen LogP contribution in [0.3, 0.4) is 0 Å². The number of nitrogen functional groups attached to an aromatic ring is 1. The van der Waals surface area contributed by atoms with Crippen molar-refractivity contribution in [1.82, 2.24) is 9.97 Å². The van der Waals surface area contributed by atoms with Crippen molar-refractivity contribution in [3.8, 4) is 17.0 Å². The molecule has 94 valence electrons. The minimum atomic E-state index is 0.341. The predicted molar refractivity (Wildman–Crippen MR) is 69.1 cm³/mol. The van der Waals surface area contributed by atoms with E-state index in [-0.39, 0.29) is 0 Å². The van der Waals surface area contributed by atoms with E-state index in [1.165, 1.54) is 0 Å². The molecule has 2 rings (SSSR count). The molecule has 0 spiro atoms. The van der Waals surface area contributed by atoms with Gasteiger partial charge in [-0.2, -0.15) is 0 Å². The van der Waals surface area contributed by atoms with Crippen LogP contribution in [0.5, 0.6) is 5.75 Å². The highest BCUT2D eigenvalue weighted by Gasteiger charge is 2.05. The van der Waals surface area contributed by atoms with Crippen LogP contribution in [-0.2, 0) is 11.3 Å². The first-order valence-electron chi connectivity index (χ1n) is 5.49.